The summed E-state index contributed by atoms with van der Waals surface area (Å²) in [4.78, 5) is 23.8. The Bertz CT molecular complexity index is 506. The van der Waals surface area contributed by atoms with Crippen molar-refractivity contribution in [2.75, 3.05) is 6.54 Å². The van der Waals surface area contributed by atoms with E-state index in [2.05, 4.69) is 17.3 Å². The Morgan fingerprint density at radius 1 is 1.53 bits per heavy atom. The Morgan fingerprint density at radius 3 is 2.89 bits per heavy atom. The van der Waals surface area contributed by atoms with Gasteiger partial charge < -0.3 is 5.32 Å². The maximum Gasteiger partial charge on any atom is 0.267 e. The molecular formula is C14H21N3O2. The standard InChI is InChI=1S/C14H21N3O2/c1-3-4-9-15-14(19)10(2)17-13(18)8-7-12(16-17)11-5-6-11/h7-8,10-11H,3-6,9H2,1-2H3,(H,15,19). The number of hydrogen-bond acceptors (Lipinski definition) is 3. The van der Waals surface area contributed by atoms with Gasteiger partial charge >= 0.3 is 0 Å². The summed E-state index contributed by atoms with van der Waals surface area (Å²) in [5, 5.41) is 7.16. The summed E-state index contributed by atoms with van der Waals surface area (Å²) in [6, 6.07) is 2.73. The second-order valence-electron chi connectivity index (χ2n) is 5.14. The molecule has 1 N–H and O–H groups in total. The molecule has 0 spiro atoms. The van der Waals surface area contributed by atoms with Crippen LogP contribution in [-0.2, 0) is 4.79 Å². The van der Waals surface area contributed by atoms with Crippen molar-refractivity contribution in [3.05, 3.63) is 28.2 Å². The van der Waals surface area contributed by atoms with E-state index < -0.39 is 6.04 Å². The molecule has 1 aromatic heterocycles. The first kappa shape index (κ1) is 13.8. The number of amides is 1. The molecule has 1 aliphatic rings. The number of carbonyl (C=O) groups excluding carboxylic acids is 1. The monoisotopic (exact) mass is 263 g/mol. The van der Waals surface area contributed by atoms with E-state index in [-0.39, 0.29) is 11.5 Å². The van der Waals surface area contributed by atoms with E-state index >= 15 is 0 Å². The molecule has 19 heavy (non-hydrogen) atoms. The van der Waals surface area contributed by atoms with Crippen LogP contribution < -0.4 is 10.9 Å². The topological polar surface area (TPSA) is 64.0 Å². The number of hydrogen-bond donors (Lipinski definition) is 1. The lowest BCUT2D eigenvalue weighted by Gasteiger charge is -2.14. The molecule has 1 fully saturated rings. The maximum absolute atomic E-state index is 12.0. The van der Waals surface area contributed by atoms with Gasteiger partial charge in [0.25, 0.3) is 5.56 Å². The van der Waals surface area contributed by atoms with Gasteiger partial charge in [-0.1, -0.05) is 13.3 Å². The van der Waals surface area contributed by atoms with Crippen LogP contribution in [0.2, 0.25) is 0 Å². The molecule has 5 nitrogen and oxygen atoms in total. The summed E-state index contributed by atoms with van der Waals surface area (Å²) >= 11 is 0. The zero-order valence-electron chi connectivity index (χ0n) is 11.6. The number of unbranched alkanes of at least 4 members (excludes halogenated alkanes) is 1. The van der Waals surface area contributed by atoms with Crippen LogP contribution in [0.4, 0.5) is 0 Å². The number of nitrogens with one attached hydrogen (secondary N) is 1. The van der Waals surface area contributed by atoms with Crippen molar-refractivity contribution in [1.82, 2.24) is 15.1 Å². The zero-order valence-corrected chi connectivity index (χ0v) is 11.6. The van der Waals surface area contributed by atoms with E-state index in [1.165, 1.54) is 10.7 Å². The van der Waals surface area contributed by atoms with Gasteiger partial charge in [-0.25, -0.2) is 4.68 Å². The van der Waals surface area contributed by atoms with Crippen LogP contribution in [0.25, 0.3) is 0 Å². The van der Waals surface area contributed by atoms with Crippen molar-refractivity contribution in [2.45, 2.75) is 51.5 Å². The van der Waals surface area contributed by atoms with E-state index in [4.69, 9.17) is 0 Å². The molecule has 0 aromatic carbocycles. The van der Waals surface area contributed by atoms with Crippen molar-refractivity contribution in [2.24, 2.45) is 0 Å². The van der Waals surface area contributed by atoms with Crippen molar-refractivity contribution < 1.29 is 4.79 Å². The SMILES string of the molecule is CCCCNC(=O)C(C)n1nc(C2CC2)ccc1=O. The van der Waals surface area contributed by atoms with E-state index in [1.54, 1.807) is 13.0 Å². The number of aromatic nitrogens is 2. The van der Waals surface area contributed by atoms with Crippen molar-refractivity contribution in [3.63, 3.8) is 0 Å². The first-order valence-electron chi connectivity index (χ1n) is 7.01. The Morgan fingerprint density at radius 2 is 2.26 bits per heavy atom. The summed E-state index contributed by atoms with van der Waals surface area (Å²) in [7, 11) is 0. The highest BCUT2D eigenvalue weighted by molar-refractivity contribution is 5.79. The number of rotatable bonds is 6. The largest absolute Gasteiger partial charge is 0.354 e. The predicted octanol–water partition coefficient (Wildman–Crippen LogP) is 1.60. The molecule has 1 unspecified atom stereocenters. The number of nitrogens with zero attached hydrogens (tertiary/aromatic N) is 2. The van der Waals surface area contributed by atoms with E-state index in [0.717, 1.165) is 31.4 Å². The Balaban J connectivity index is 2.08. The summed E-state index contributed by atoms with van der Waals surface area (Å²) < 4.78 is 1.30. The Kier molecular flexibility index (Phi) is 4.35. The van der Waals surface area contributed by atoms with Crippen LogP contribution in [0.1, 0.15) is 57.2 Å². The quantitative estimate of drug-likeness (QED) is 0.793. The summed E-state index contributed by atoms with van der Waals surface area (Å²) in [6.07, 6.45) is 4.23. The third-order valence-corrected chi connectivity index (χ3v) is 3.42. The fourth-order valence-corrected chi connectivity index (χ4v) is 1.96. The van der Waals surface area contributed by atoms with Crippen molar-refractivity contribution >= 4 is 5.91 Å². The fourth-order valence-electron chi connectivity index (χ4n) is 1.96. The molecule has 0 bridgehead atoms. The van der Waals surface area contributed by atoms with Gasteiger partial charge in [-0.05, 0) is 32.3 Å². The molecule has 1 atom stereocenters. The summed E-state index contributed by atoms with van der Waals surface area (Å²) in [5.41, 5.74) is 0.704. The minimum atomic E-state index is -0.553. The lowest BCUT2D eigenvalue weighted by Crippen LogP contribution is -2.37. The van der Waals surface area contributed by atoms with Gasteiger partial charge in [0.1, 0.15) is 6.04 Å². The molecule has 0 radical (unpaired) electrons. The highest BCUT2D eigenvalue weighted by Crippen LogP contribution is 2.38. The van der Waals surface area contributed by atoms with Crippen molar-refractivity contribution in [3.8, 4) is 0 Å². The highest BCUT2D eigenvalue weighted by atomic mass is 16.2. The van der Waals surface area contributed by atoms with Crippen molar-refractivity contribution in [1.29, 1.82) is 0 Å². The third-order valence-electron chi connectivity index (χ3n) is 3.42. The predicted molar refractivity (Wildman–Crippen MR) is 73.1 cm³/mol. The molecule has 0 aliphatic heterocycles. The first-order chi connectivity index (χ1) is 9.13. The van der Waals surface area contributed by atoms with Gasteiger partial charge in [-0.3, -0.25) is 9.59 Å². The second-order valence-corrected chi connectivity index (χ2v) is 5.14. The van der Waals surface area contributed by atoms with Crippen LogP contribution in [0, 0.1) is 0 Å². The lowest BCUT2D eigenvalue weighted by molar-refractivity contribution is -0.124. The fraction of sp³-hybridized carbons (Fsp3) is 0.643. The molecule has 1 aliphatic carbocycles. The average Bonchev–Trinajstić information content (AvgIpc) is 3.23. The summed E-state index contributed by atoms with van der Waals surface area (Å²) in [6.45, 7) is 4.43. The Labute approximate surface area is 113 Å². The minimum absolute atomic E-state index is 0.143. The smallest absolute Gasteiger partial charge is 0.267 e. The van der Waals surface area contributed by atoms with Gasteiger partial charge in [0.15, 0.2) is 0 Å². The first-order valence-corrected chi connectivity index (χ1v) is 7.01. The van der Waals surface area contributed by atoms with Gasteiger partial charge in [-0.2, -0.15) is 5.10 Å². The van der Waals surface area contributed by atoms with E-state index in [0.29, 0.717) is 12.5 Å². The van der Waals surface area contributed by atoms with Crippen LogP contribution in [0.3, 0.4) is 0 Å². The van der Waals surface area contributed by atoms with Crippen LogP contribution in [-0.4, -0.2) is 22.2 Å². The molecule has 1 amide bonds. The van der Waals surface area contributed by atoms with Gasteiger partial charge in [0.2, 0.25) is 5.91 Å². The van der Waals surface area contributed by atoms with Gasteiger partial charge in [-0.15, -0.1) is 0 Å². The normalized spacial score (nSPS) is 16.1. The third kappa shape index (κ3) is 3.43. The zero-order chi connectivity index (χ0) is 13.8. The molecule has 1 aromatic rings. The molecule has 2 rings (SSSR count). The highest BCUT2D eigenvalue weighted by Gasteiger charge is 2.26. The minimum Gasteiger partial charge on any atom is -0.354 e. The van der Waals surface area contributed by atoms with Gasteiger partial charge in [0.05, 0.1) is 5.69 Å². The summed E-state index contributed by atoms with van der Waals surface area (Å²) in [5.74, 6) is 0.332. The lowest BCUT2D eigenvalue weighted by atomic mass is 10.2. The van der Waals surface area contributed by atoms with Gasteiger partial charge in [0, 0.05) is 18.5 Å². The Hall–Kier alpha value is -1.65. The van der Waals surface area contributed by atoms with Crippen LogP contribution in [0.5, 0.6) is 0 Å². The molecule has 1 heterocycles. The molecule has 5 heteroatoms. The molecule has 0 saturated heterocycles. The van der Waals surface area contributed by atoms with E-state index in [9.17, 15) is 9.59 Å². The molecular weight excluding hydrogens is 242 g/mol. The van der Waals surface area contributed by atoms with E-state index in [1.807, 2.05) is 0 Å². The van der Waals surface area contributed by atoms with Crippen LogP contribution >= 0.6 is 0 Å². The number of carbonyl (C=O) groups is 1. The maximum atomic E-state index is 12.0. The second kappa shape index (κ2) is 5.99. The average molecular weight is 263 g/mol. The molecule has 1 saturated carbocycles. The molecule has 104 valence electrons. The van der Waals surface area contributed by atoms with Crippen LogP contribution in [0.15, 0.2) is 16.9 Å².